The second kappa shape index (κ2) is 5.07. The van der Waals surface area contributed by atoms with E-state index in [0.29, 0.717) is 5.69 Å². The second-order valence-corrected chi connectivity index (χ2v) is 3.76. The van der Waals surface area contributed by atoms with Gasteiger partial charge in [0.1, 0.15) is 12.2 Å². The Morgan fingerprint density at radius 3 is 2.35 bits per heavy atom. The van der Waals surface area contributed by atoms with Crippen LogP contribution in [-0.2, 0) is 4.79 Å². The molecule has 0 radical (unpaired) electrons. The predicted octanol–water partition coefficient (Wildman–Crippen LogP) is 2.37. The van der Waals surface area contributed by atoms with Crippen molar-refractivity contribution < 1.29 is 23.1 Å². The highest BCUT2D eigenvalue weighted by Crippen LogP contribution is 2.23. The van der Waals surface area contributed by atoms with Crippen molar-refractivity contribution in [3.8, 4) is 0 Å². The van der Waals surface area contributed by atoms with Gasteiger partial charge in [0, 0.05) is 12.7 Å². The number of carboxylic acids is 1. The van der Waals surface area contributed by atoms with E-state index in [0.717, 1.165) is 12.1 Å². The first kappa shape index (κ1) is 13.3. The lowest BCUT2D eigenvalue weighted by atomic mass is 10.2. The first-order chi connectivity index (χ1) is 7.80. The molecule has 0 saturated carbocycles. The number of rotatable bonds is 5. The van der Waals surface area contributed by atoms with E-state index in [4.69, 9.17) is 5.11 Å². The minimum Gasteiger partial charge on any atom is -0.481 e. The summed E-state index contributed by atoms with van der Waals surface area (Å²) in [4.78, 5) is 11.4. The van der Waals surface area contributed by atoms with E-state index < -0.39 is 30.7 Å². The normalized spacial score (nSPS) is 11.3. The van der Waals surface area contributed by atoms with Gasteiger partial charge in [-0.1, -0.05) is 0 Å². The summed E-state index contributed by atoms with van der Waals surface area (Å²) in [6, 6.07) is 5.01. The lowest BCUT2D eigenvalue weighted by Crippen LogP contribution is -2.36. The van der Waals surface area contributed by atoms with Crippen molar-refractivity contribution in [2.45, 2.75) is 12.3 Å². The van der Waals surface area contributed by atoms with Crippen LogP contribution in [0.5, 0.6) is 0 Å². The molecule has 17 heavy (non-hydrogen) atoms. The zero-order chi connectivity index (χ0) is 13.1. The van der Waals surface area contributed by atoms with E-state index in [9.17, 15) is 18.0 Å². The van der Waals surface area contributed by atoms with E-state index in [1.165, 1.54) is 24.1 Å². The zero-order valence-corrected chi connectivity index (χ0v) is 9.16. The molecule has 0 saturated heterocycles. The molecule has 0 fully saturated rings. The Balaban J connectivity index is 2.68. The highest BCUT2D eigenvalue weighted by Gasteiger charge is 2.33. The van der Waals surface area contributed by atoms with Crippen molar-refractivity contribution >= 4 is 11.7 Å². The smallest absolute Gasteiger partial charge is 0.309 e. The van der Waals surface area contributed by atoms with Crippen LogP contribution in [-0.4, -0.2) is 30.6 Å². The summed E-state index contributed by atoms with van der Waals surface area (Å²) in [6.45, 7) is -0.731. The van der Waals surface area contributed by atoms with E-state index in [1.54, 1.807) is 0 Å². The highest BCUT2D eigenvalue weighted by atomic mass is 19.3. The van der Waals surface area contributed by atoms with Gasteiger partial charge in [0.2, 0.25) is 0 Å². The Morgan fingerprint density at radius 1 is 1.35 bits per heavy atom. The minimum atomic E-state index is -3.32. The molecule has 6 heteroatoms. The molecule has 94 valence electrons. The monoisotopic (exact) mass is 247 g/mol. The molecule has 3 nitrogen and oxygen atoms in total. The van der Waals surface area contributed by atoms with Gasteiger partial charge in [-0.2, -0.15) is 0 Å². The van der Waals surface area contributed by atoms with Crippen LogP contribution in [0.25, 0.3) is 0 Å². The number of aliphatic carboxylic acids is 1. The molecule has 1 N–H and O–H groups in total. The molecule has 1 rings (SSSR count). The molecule has 0 unspecified atom stereocenters. The van der Waals surface area contributed by atoms with Crippen LogP contribution in [0, 0.1) is 5.82 Å². The Labute approximate surface area is 96.5 Å². The average molecular weight is 247 g/mol. The Morgan fingerprint density at radius 2 is 1.88 bits per heavy atom. The van der Waals surface area contributed by atoms with Crippen molar-refractivity contribution in [2.75, 3.05) is 18.5 Å². The number of alkyl halides is 2. The Bertz CT molecular complexity index is 392. The molecule has 0 atom stereocenters. The standard InChI is InChI=1S/C11H12F3NO2/c1-15(7-11(13,14)6-10(16)17)9-4-2-8(12)3-5-9/h2-5H,6-7H2,1H3,(H,16,17). The van der Waals surface area contributed by atoms with Crippen LogP contribution in [0.3, 0.4) is 0 Å². The van der Waals surface area contributed by atoms with Crippen molar-refractivity contribution in [3.63, 3.8) is 0 Å². The summed E-state index contributed by atoms with van der Waals surface area (Å²) < 4.78 is 39.0. The number of anilines is 1. The first-order valence-corrected chi connectivity index (χ1v) is 4.86. The van der Waals surface area contributed by atoms with Crippen molar-refractivity contribution in [1.82, 2.24) is 0 Å². The fourth-order valence-electron chi connectivity index (χ4n) is 1.41. The van der Waals surface area contributed by atoms with Gasteiger partial charge in [0.25, 0.3) is 5.92 Å². The highest BCUT2D eigenvalue weighted by molar-refractivity contribution is 5.68. The quantitative estimate of drug-likeness (QED) is 0.868. The van der Waals surface area contributed by atoms with Crippen molar-refractivity contribution in [3.05, 3.63) is 30.1 Å². The van der Waals surface area contributed by atoms with Gasteiger partial charge in [-0.05, 0) is 24.3 Å². The van der Waals surface area contributed by atoms with Crippen LogP contribution in [0.1, 0.15) is 6.42 Å². The van der Waals surface area contributed by atoms with Crippen molar-refractivity contribution in [2.24, 2.45) is 0 Å². The van der Waals surface area contributed by atoms with Crippen LogP contribution >= 0.6 is 0 Å². The maximum atomic E-state index is 13.2. The number of nitrogens with zero attached hydrogens (tertiary/aromatic N) is 1. The fourth-order valence-corrected chi connectivity index (χ4v) is 1.41. The molecule has 0 aromatic heterocycles. The average Bonchev–Trinajstić information content (AvgIpc) is 2.15. The van der Waals surface area contributed by atoms with Crippen LogP contribution in [0.2, 0.25) is 0 Å². The van der Waals surface area contributed by atoms with E-state index >= 15 is 0 Å². The second-order valence-electron chi connectivity index (χ2n) is 3.76. The van der Waals surface area contributed by atoms with Crippen LogP contribution < -0.4 is 4.90 Å². The third kappa shape index (κ3) is 4.34. The number of carbonyl (C=O) groups is 1. The van der Waals surface area contributed by atoms with E-state index in [-0.39, 0.29) is 0 Å². The number of hydrogen-bond acceptors (Lipinski definition) is 2. The summed E-state index contributed by atoms with van der Waals surface area (Å²) >= 11 is 0. The third-order valence-corrected chi connectivity index (χ3v) is 2.15. The largest absolute Gasteiger partial charge is 0.481 e. The summed E-state index contributed by atoms with van der Waals surface area (Å²) in [5, 5.41) is 8.32. The van der Waals surface area contributed by atoms with Gasteiger partial charge in [0.05, 0.1) is 6.54 Å². The maximum absolute atomic E-state index is 13.2. The third-order valence-electron chi connectivity index (χ3n) is 2.15. The number of hydrogen-bond donors (Lipinski definition) is 1. The molecule has 0 aliphatic carbocycles. The molecule has 1 aromatic rings. The molecule has 0 bridgehead atoms. The molecular weight excluding hydrogens is 235 g/mol. The Hall–Kier alpha value is -1.72. The van der Waals surface area contributed by atoms with Crippen molar-refractivity contribution in [1.29, 1.82) is 0 Å². The molecule has 0 amide bonds. The topological polar surface area (TPSA) is 40.5 Å². The summed E-state index contributed by atoms with van der Waals surface area (Å²) in [5.74, 6) is -5.34. The van der Waals surface area contributed by atoms with Gasteiger partial charge < -0.3 is 10.0 Å². The fraction of sp³-hybridized carbons (Fsp3) is 0.364. The molecule has 1 aromatic carbocycles. The molecular formula is C11H12F3NO2. The number of benzene rings is 1. The lowest BCUT2D eigenvalue weighted by molar-refractivity contribution is -0.144. The lowest BCUT2D eigenvalue weighted by Gasteiger charge is -2.24. The van der Waals surface area contributed by atoms with Gasteiger partial charge >= 0.3 is 5.97 Å². The summed E-state index contributed by atoms with van der Waals surface area (Å²) in [5.41, 5.74) is 0.400. The number of carboxylic acid groups (broad SMARTS) is 1. The Kier molecular flexibility index (Phi) is 3.98. The minimum absolute atomic E-state index is 0.400. The molecule has 0 aliphatic heterocycles. The maximum Gasteiger partial charge on any atom is 0.309 e. The van der Waals surface area contributed by atoms with E-state index in [2.05, 4.69) is 0 Å². The first-order valence-electron chi connectivity index (χ1n) is 4.86. The van der Waals surface area contributed by atoms with Crippen LogP contribution in [0.4, 0.5) is 18.9 Å². The van der Waals surface area contributed by atoms with E-state index in [1.807, 2.05) is 0 Å². The molecule has 0 spiro atoms. The van der Waals surface area contributed by atoms with Gasteiger partial charge in [-0.25, -0.2) is 13.2 Å². The zero-order valence-electron chi connectivity index (χ0n) is 9.16. The summed E-state index contributed by atoms with van der Waals surface area (Å²) in [7, 11) is 1.39. The van der Waals surface area contributed by atoms with Gasteiger partial charge in [-0.15, -0.1) is 0 Å². The molecule has 0 heterocycles. The van der Waals surface area contributed by atoms with Gasteiger partial charge in [0.15, 0.2) is 0 Å². The SMILES string of the molecule is CN(CC(F)(F)CC(=O)O)c1ccc(F)cc1. The molecule has 0 aliphatic rings. The number of halogens is 3. The summed E-state index contributed by atoms with van der Waals surface area (Å²) in [6.07, 6.45) is -1.22. The van der Waals surface area contributed by atoms with Crippen LogP contribution in [0.15, 0.2) is 24.3 Å². The predicted molar refractivity (Wildman–Crippen MR) is 56.9 cm³/mol. The van der Waals surface area contributed by atoms with Gasteiger partial charge in [-0.3, -0.25) is 4.79 Å².